The van der Waals surface area contributed by atoms with E-state index in [9.17, 15) is 47.0 Å². The molecule has 73 heavy (non-hydrogen) atoms. The zero-order valence-electron chi connectivity index (χ0n) is 43.3. The molecule has 16 nitrogen and oxygen atoms in total. The van der Waals surface area contributed by atoms with E-state index in [-0.39, 0.29) is 40.0 Å². The number of rotatable bonds is 15. The SMILES string of the molecule is Cc1cc(NC(C)(C)C)ncc1-c1sc(C(=O)NCC(C)(C)O)nc1C(=O)N1CC(F)(F)C[C@@H]1C.Cc1cc(NC(C2CC2)C2CC2)ncc1-c1sc(C(=O)NCC(C)(C)O)nc1C(=O)N1CC(F)(F)C[C@@H]1C. The summed E-state index contributed by atoms with van der Waals surface area (Å²) < 4.78 is 56.3. The highest BCUT2D eigenvalue weighted by Crippen LogP contribution is 2.46. The summed E-state index contributed by atoms with van der Waals surface area (Å²) in [6.07, 6.45) is 7.38. The van der Waals surface area contributed by atoms with Crippen LogP contribution in [0.2, 0.25) is 0 Å². The van der Waals surface area contributed by atoms with Crippen molar-refractivity contribution in [2.75, 3.05) is 36.8 Å². The van der Waals surface area contributed by atoms with Crippen molar-refractivity contribution in [2.24, 2.45) is 11.8 Å². The van der Waals surface area contributed by atoms with Crippen LogP contribution in [0.4, 0.5) is 29.2 Å². The van der Waals surface area contributed by atoms with Crippen LogP contribution in [0.15, 0.2) is 24.5 Å². The second-order valence-electron chi connectivity index (χ2n) is 22.6. The van der Waals surface area contributed by atoms with Crippen LogP contribution in [0.25, 0.3) is 20.9 Å². The molecular weight excluding hydrogens is 989 g/mol. The van der Waals surface area contributed by atoms with Gasteiger partial charge in [-0.15, -0.1) is 22.7 Å². The number of pyridine rings is 2. The van der Waals surface area contributed by atoms with Crippen molar-refractivity contribution in [2.45, 2.75) is 161 Å². The summed E-state index contributed by atoms with van der Waals surface area (Å²) in [5, 5.41) is 32.1. The Labute approximate surface area is 431 Å². The van der Waals surface area contributed by atoms with E-state index in [2.05, 4.69) is 41.2 Å². The van der Waals surface area contributed by atoms with Gasteiger partial charge in [-0.1, -0.05) is 0 Å². The van der Waals surface area contributed by atoms with E-state index in [4.69, 9.17) is 0 Å². The smallest absolute Gasteiger partial charge is 0.280 e. The molecule has 22 heteroatoms. The van der Waals surface area contributed by atoms with E-state index in [1.807, 2.05) is 46.8 Å². The minimum absolute atomic E-state index is 0.00232. The second-order valence-corrected chi connectivity index (χ2v) is 24.6. The summed E-state index contributed by atoms with van der Waals surface area (Å²) in [7, 11) is 0. The van der Waals surface area contributed by atoms with Crippen LogP contribution in [-0.2, 0) is 0 Å². The third-order valence-electron chi connectivity index (χ3n) is 12.8. The van der Waals surface area contributed by atoms with E-state index in [0.717, 1.165) is 49.4 Å². The number of amides is 4. The molecule has 6 N–H and O–H groups in total. The van der Waals surface area contributed by atoms with Crippen LogP contribution in [0.3, 0.4) is 0 Å². The molecule has 8 rings (SSSR count). The van der Waals surface area contributed by atoms with E-state index in [0.29, 0.717) is 44.6 Å². The number of carbonyl (C=O) groups excluding carboxylic acids is 4. The Morgan fingerprint density at radius 2 is 1.07 bits per heavy atom. The number of aliphatic hydroxyl groups is 2. The molecule has 6 heterocycles. The van der Waals surface area contributed by atoms with Gasteiger partial charge in [0.2, 0.25) is 0 Å². The number of nitrogens with zero attached hydrogens (tertiary/aromatic N) is 6. The van der Waals surface area contributed by atoms with Gasteiger partial charge in [0.25, 0.3) is 35.5 Å². The molecule has 2 aliphatic heterocycles. The molecule has 398 valence electrons. The number of thiazole rings is 2. The Morgan fingerprint density at radius 1 is 0.685 bits per heavy atom. The predicted molar refractivity (Wildman–Crippen MR) is 274 cm³/mol. The minimum Gasteiger partial charge on any atom is -0.389 e. The third kappa shape index (κ3) is 14.3. The topological polar surface area (TPSA) is 215 Å². The first-order chi connectivity index (χ1) is 33.8. The molecule has 0 unspecified atom stereocenters. The highest BCUT2D eigenvalue weighted by atomic mass is 32.1. The van der Waals surface area contributed by atoms with Crippen LogP contribution < -0.4 is 21.3 Å². The van der Waals surface area contributed by atoms with Crippen molar-refractivity contribution in [1.29, 1.82) is 0 Å². The Morgan fingerprint density at radius 3 is 1.40 bits per heavy atom. The van der Waals surface area contributed by atoms with Gasteiger partial charge in [0.1, 0.15) is 23.0 Å². The van der Waals surface area contributed by atoms with Gasteiger partial charge < -0.3 is 41.3 Å². The first-order valence-corrected chi connectivity index (χ1v) is 26.3. The van der Waals surface area contributed by atoms with Crippen LogP contribution >= 0.6 is 22.7 Å². The summed E-state index contributed by atoms with van der Waals surface area (Å²) in [5.74, 6) is -5.54. The van der Waals surface area contributed by atoms with E-state index < -0.39 is 84.7 Å². The fraction of sp³-hybridized carbons (Fsp3) is 0.608. The van der Waals surface area contributed by atoms with Gasteiger partial charge in [0.05, 0.1) is 34.0 Å². The monoisotopic (exact) mass is 1060 g/mol. The number of halogens is 4. The molecule has 0 bridgehead atoms. The van der Waals surface area contributed by atoms with Crippen LogP contribution in [0.1, 0.15) is 153 Å². The quantitative estimate of drug-likeness (QED) is 0.0618. The summed E-state index contributed by atoms with van der Waals surface area (Å²) in [4.78, 5) is 73.2. The van der Waals surface area contributed by atoms with Gasteiger partial charge in [-0.2, -0.15) is 0 Å². The molecule has 4 fully saturated rings. The molecule has 0 spiro atoms. The number of likely N-dealkylation sites (tertiary alicyclic amines) is 2. The van der Waals surface area contributed by atoms with E-state index in [1.54, 1.807) is 53.9 Å². The molecule has 2 atom stereocenters. The van der Waals surface area contributed by atoms with Crippen molar-refractivity contribution in [3.05, 3.63) is 57.1 Å². The maximum atomic E-state index is 14.1. The Kier molecular flexibility index (Phi) is 15.8. The minimum atomic E-state index is -2.98. The number of carbonyl (C=O) groups is 4. The van der Waals surface area contributed by atoms with Crippen molar-refractivity contribution in [3.63, 3.8) is 0 Å². The number of alkyl halides is 4. The van der Waals surface area contributed by atoms with Crippen LogP contribution in [0.5, 0.6) is 0 Å². The van der Waals surface area contributed by atoms with Gasteiger partial charge in [0.15, 0.2) is 10.0 Å². The molecule has 4 amide bonds. The van der Waals surface area contributed by atoms with Gasteiger partial charge in [-0.05, 0) is 137 Å². The van der Waals surface area contributed by atoms with Gasteiger partial charge >= 0.3 is 0 Å². The van der Waals surface area contributed by atoms with Crippen molar-refractivity contribution >= 4 is 57.9 Å². The number of hydrogen-bond acceptors (Lipinski definition) is 14. The van der Waals surface area contributed by atoms with Crippen molar-refractivity contribution in [3.8, 4) is 20.9 Å². The molecule has 0 radical (unpaired) electrons. The van der Waals surface area contributed by atoms with Crippen molar-refractivity contribution < 1.29 is 47.0 Å². The third-order valence-corrected chi connectivity index (χ3v) is 15.0. The molecule has 4 aliphatic rings. The zero-order chi connectivity index (χ0) is 53.7. The standard InChI is InChI=1S/C27H35F2N5O3S.C24H33F2N5O3S/c1-14-9-19(32-20(16-5-6-16)17-7-8-17)30-11-18(14)22-21(25(36)34-13-27(28,29)10-15(34)2)33-24(38-22)23(35)31-12-26(3,4)37;1-13-8-16(30-22(3,4)5)27-10-15(13)18-17(21(33)31-12-24(25,26)9-14(31)2)29-20(35-18)19(32)28-11-23(6,7)34/h9,11,15-17,20,37H,5-8,10,12-13H2,1-4H3,(H,30,32)(H,31,35);8,10,14,34H,9,11-12H2,1-7H3,(H,27,30)(H,28,32)/t15-;14-/m00/s1. The second kappa shape index (κ2) is 20.8. The van der Waals surface area contributed by atoms with Crippen LogP contribution in [0, 0.1) is 25.7 Å². The van der Waals surface area contributed by atoms with Crippen molar-refractivity contribution in [1.82, 2.24) is 40.4 Å². The number of hydrogen-bond donors (Lipinski definition) is 6. The Hall–Kier alpha value is -5.32. The lowest BCUT2D eigenvalue weighted by molar-refractivity contribution is 0.0115. The molecular formula is C51H68F4N10O6S2. The Balaban J connectivity index is 0.000000215. The summed E-state index contributed by atoms with van der Waals surface area (Å²) in [5.41, 5.74) is 0.267. The number of aromatic nitrogens is 4. The molecule has 4 aromatic heterocycles. The molecule has 4 aromatic rings. The lowest BCUT2D eigenvalue weighted by atomic mass is 10.1. The summed E-state index contributed by atoms with van der Waals surface area (Å²) >= 11 is 2.02. The van der Waals surface area contributed by atoms with Gasteiger partial charge in [-0.25, -0.2) is 37.5 Å². The fourth-order valence-corrected chi connectivity index (χ4v) is 11.0. The number of aryl methyl sites for hydroxylation is 2. The molecule has 2 aliphatic carbocycles. The van der Waals surface area contributed by atoms with Gasteiger partial charge in [0, 0.05) is 73.1 Å². The fourth-order valence-electron chi connectivity index (χ4n) is 8.89. The highest BCUT2D eigenvalue weighted by molar-refractivity contribution is 7.17. The summed E-state index contributed by atoms with van der Waals surface area (Å²) in [6, 6.07) is 2.86. The van der Waals surface area contributed by atoms with E-state index >= 15 is 0 Å². The lowest BCUT2D eigenvalue weighted by Gasteiger charge is -2.22. The average molecular weight is 1060 g/mol. The Bertz CT molecular complexity index is 2710. The first-order valence-electron chi connectivity index (χ1n) is 24.7. The maximum Gasteiger partial charge on any atom is 0.280 e. The zero-order valence-corrected chi connectivity index (χ0v) is 44.9. The average Bonchev–Trinajstić information content (AvgIpc) is 4.16. The normalized spacial score (nSPS) is 19.6. The van der Waals surface area contributed by atoms with Crippen LogP contribution in [-0.4, -0.2) is 136 Å². The lowest BCUT2D eigenvalue weighted by Crippen LogP contribution is -2.38. The highest BCUT2D eigenvalue weighted by Gasteiger charge is 2.48. The predicted octanol–water partition coefficient (Wildman–Crippen LogP) is 8.58. The summed E-state index contributed by atoms with van der Waals surface area (Å²) in [6.45, 7) is 17.7. The van der Waals surface area contributed by atoms with E-state index in [1.165, 1.54) is 25.7 Å². The number of anilines is 2. The molecule has 2 saturated carbocycles. The first kappa shape index (κ1) is 55.4. The maximum absolute atomic E-state index is 14.1. The van der Waals surface area contributed by atoms with Gasteiger partial charge in [-0.3, -0.25) is 19.2 Å². The molecule has 0 aromatic carbocycles. The largest absolute Gasteiger partial charge is 0.389 e. The molecule has 2 saturated heterocycles. The number of nitrogens with one attached hydrogen (secondary N) is 4.